The van der Waals surface area contributed by atoms with E-state index in [0.29, 0.717) is 59.3 Å². The summed E-state index contributed by atoms with van der Waals surface area (Å²) >= 11 is 0. The number of fused-ring (bicyclic) bond motifs is 2. The number of amides is 2. The fourth-order valence-corrected chi connectivity index (χ4v) is 4.06. The number of carbonyl (C=O) groups is 2. The Labute approximate surface area is 207 Å². The van der Waals surface area contributed by atoms with E-state index in [-0.39, 0.29) is 11.9 Å². The third-order valence-electron chi connectivity index (χ3n) is 5.72. The lowest BCUT2D eigenvalue weighted by molar-refractivity contribution is -0.119. The molecule has 1 saturated heterocycles. The van der Waals surface area contributed by atoms with E-state index >= 15 is 0 Å². The molecule has 1 aliphatic heterocycles. The predicted octanol–water partition coefficient (Wildman–Crippen LogP) is 3.96. The van der Waals surface area contributed by atoms with Crippen LogP contribution in [0.5, 0.6) is 5.88 Å². The zero-order chi connectivity index (χ0) is 25.4. The van der Waals surface area contributed by atoms with Gasteiger partial charge in [-0.2, -0.15) is 0 Å². The van der Waals surface area contributed by atoms with Crippen LogP contribution in [0.4, 0.5) is 10.6 Å². The molecule has 0 radical (unpaired) electrons. The van der Waals surface area contributed by atoms with Crippen molar-refractivity contribution in [2.75, 3.05) is 18.1 Å². The number of pyridine rings is 1. The molecule has 0 saturated carbocycles. The Morgan fingerprint density at radius 3 is 2.83 bits per heavy atom. The predicted molar refractivity (Wildman–Crippen MR) is 132 cm³/mol. The second-order valence-electron chi connectivity index (χ2n) is 9.58. The molecule has 5 heterocycles. The number of anilines is 1. The molecule has 0 unspecified atom stereocenters. The molecule has 0 bridgehead atoms. The third-order valence-corrected chi connectivity index (χ3v) is 5.72. The SMILES string of the molecule is CCN(C(=O)OC(C)(C)C)c1nccc2oc(-c3cnc4ccc(OC[C@H]5CCC(=O)N5)nn34)cc12. The van der Waals surface area contributed by atoms with Crippen LogP contribution in [0.25, 0.3) is 28.1 Å². The van der Waals surface area contributed by atoms with Crippen LogP contribution in [0, 0.1) is 0 Å². The lowest BCUT2D eigenvalue weighted by Crippen LogP contribution is -2.37. The third kappa shape index (κ3) is 4.68. The van der Waals surface area contributed by atoms with Crippen molar-refractivity contribution >= 4 is 34.4 Å². The van der Waals surface area contributed by atoms with E-state index in [1.54, 1.807) is 35.1 Å². The van der Waals surface area contributed by atoms with Gasteiger partial charge in [0.2, 0.25) is 11.8 Å². The van der Waals surface area contributed by atoms with E-state index in [1.165, 1.54) is 4.90 Å². The van der Waals surface area contributed by atoms with Gasteiger partial charge in [0.15, 0.2) is 11.4 Å². The minimum Gasteiger partial charge on any atom is -0.474 e. The standard InChI is InChI=1S/C25H28N6O5/c1-5-30(24(33)36-25(2,3)4)23-16-12-19(35-18(16)10-11-26-23)17-13-27-20-7-9-22(29-31(17)20)34-14-15-6-8-21(32)28-15/h7,9-13,15H,5-6,8,14H2,1-4H3,(H,28,32)/t15-/m1/s1. The second kappa shape index (κ2) is 9.14. The number of furan rings is 1. The Bertz CT molecular complexity index is 1440. The van der Waals surface area contributed by atoms with Gasteiger partial charge in [0.05, 0.1) is 17.6 Å². The molecule has 0 aliphatic carbocycles. The molecule has 11 heteroatoms. The van der Waals surface area contributed by atoms with Gasteiger partial charge in [0.25, 0.3) is 0 Å². The van der Waals surface area contributed by atoms with E-state index in [1.807, 2.05) is 33.8 Å². The largest absolute Gasteiger partial charge is 0.474 e. The van der Waals surface area contributed by atoms with Crippen LogP contribution in [0.15, 0.2) is 41.1 Å². The van der Waals surface area contributed by atoms with Crippen molar-refractivity contribution in [2.45, 2.75) is 52.2 Å². The fourth-order valence-electron chi connectivity index (χ4n) is 4.06. The molecule has 0 aromatic carbocycles. The van der Waals surface area contributed by atoms with Gasteiger partial charge in [-0.25, -0.2) is 19.3 Å². The van der Waals surface area contributed by atoms with Gasteiger partial charge >= 0.3 is 6.09 Å². The summed E-state index contributed by atoms with van der Waals surface area (Å²) in [6.07, 6.45) is 4.03. The number of aromatic nitrogens is 4. The molecule has 4 aromatic rings. The lowest BCUT2D eigenvalue weighted by Gasteiger charge is -2.26. The molecular formula is C25H28N6O5. The molecule has 0 spiro atoms. The summed E-state index contributed by atoms with van der Waals surface area (Å²) in [5.41, 5.74) is 1.17. The Morgan fingerprint density at radius 2 is 2.11 bits per heavy atom. The minimum atomic E-state index is -0.634. The number of hydrogen-bond acceptors (Lipinski definition) is 8. The van der Waals surface area contributed by atoms with Crippen molar-refractivity contribution in [3.05, 3.63) is 36.7 Å². The van der Waals surface area contributed by atoms with E-state index < -0.39 is 11.7 Å². The highest BCUT2D eigenvalue weighted by molar-refractivity contribution is 5.99. The van der Waals surface area contributed by atoms with Gasteiger partial charge in [-0.15, -0.1) is 5.10 Å². The van der Waals surface area contributed by atoms with Crippen LogP contribution in [0.2, 0.25) is 0 Å². The number of nitrogens with one attached hydrogen (secondary N) is 1. The molecule has 188 valence electrons. The van der Waals surface area contributed by atoms with E-state index in [4.69, 9.17) is 13.9 Å². The highest BCUT2D eigenvalue weighted by atomic mass is 16.6. The molecule has 5 rings (SSSR count). The van der Waals surface area contributed by atoms with Gasteiger partial charge in [0.1, 0.15) is 29.3 Å². The summed E-state index contributed by atoms with van der Waals surface area (Å²) < 4.78 is 19.1. The monoisotopic (exact) mass is 492 g/mol. The van der Waals surface area contributed by atoms with Crippen molar-refractivity contribution in [3.63, 3.8) is 0 Å². The maximum Gasteiger partial charge on any atom is 0.416 e. The van der Waals surface area contributed by atoms with Crippen LogP contribution in [0.3, 0.4) is 0 Å². The quantitative estimate of drug-likeness (QED) is 0.429. The number of carbonyl (C=O) groups excluding carboxylic acids is 2. The Kier molecular flexibility index (Phi) is 5.99. The zero-order valence-electron chi connectivity index (χ0n) is 20.6. The number of ether oxygens (including phenoxy) is 2. The van der Waals surface area contributed by atoms with Crippen LogP contribution in [0.1, 0.15) is 40.5 Å². The maximum absolute atomic E-state index is 12.8. The molecule has 1 atom stereocenters. The maximum atomic E-state index is 12.8. The Morgan fingerprint density at radius 1 is 1.28 bits per heavy atom. The molecule has 11 nitrogen and oxygen atoms in total. The normalized spacial score (nSPS) is 15.9. The van der Waals surface area contributed by atoms with Gasteiger partial charge in [0, 0.05) is 25.2 Å². The van der Waals surface area contributed by atoms with Crippen molar-refractivity contribution in [1.82, 2.24) is 24.9 Å². The fraction of sp³-hybridized carbons (Fsp3) is 0.400. The average molecular weight is 493 g/mol. The summed E-state index contributed by atoms with van der Waals surface area (Å²) in [5, 5.41) is 8.11. The Hall–Kier alpha value is -4.15. The summed E-state index contributed by atoms with van der Waals surface area (Å²) in [6, 6.07) is 7.08. The van der Waals surface area contributed by atoms with E-state index in [9.17, 15) is 9.59 Å². The van der Waals surface area contributed by atoms with Crippen LogP contribution < -0.4 is 15.0 Å². The van der Waals surface area contributed by atoms with Crippen molar-refractivity contribution in [1.29, 1.82) is 0 Å². The van der Waals surface area contributed by atoms with Gasteiger partial charge in [-0.1, -0.05) is 0 Å². The zero-order valence-corrected chi connectivity index (χ0v) is 20.6. The van der Waals surface area contributed by atoms with Gasteiger partial charge < -0.3 is 19.2 Å². The number of rotatable bonds is 6. The van der Waals surface area contributed by atoms with Crippen molar-refractivity contribution in [2.24, 2.45) is 0 Å². The lowest BCUT2D eigenvalue weighted by atomic mass is 10.2. The molecule has 4 aromatic heterocycles. The van der Waals surface area contributed by atoms with Crippen LogP contribution >= 0.6 is 0 Å². The molecule has 1 aliphatic rings. The Balaban J connectivity index is 1.46. The highest BCUT2D eigenvalue weighted by Gasteiger charge is 2.26. The first-order valence-corrected chi connectivity index (χ1v) is 11.9. The van der Waals surface area contributed by atoms with E-state index in [2.05, 4.69) is 20.4 Å². The first-order valence-electron chi connectivity index (χ1n) is 11.9. The summed E-state index contributed by atoms with van der Waals surface area (Å²) in [6.45, 7) is 8.04. The van der Waals surface area contributed by atoms with Crippen molar-refractivity contribution in [3.8, 4) is 17.3 Å². The van der Waals surface area contributed by atoms with Gasteiger partial charge in [-0.3, -0.25) is 9.69 Å². The number of hydrogen-bond donors (Lipinski definition) is 1. The smallest absolute Gasteiger partial charge is 0.416 e. The first-order chi connectivity index (χ1) is 17.2. The molecule has 1 fully saturated rings. The van der Waals surface area contributed by atoms with Crippen LogP contribution in [-0.4, -0.2) is 56.4 Å². The minimum absolute atomic E-state index is 0.0231. The first kappa shape index (κ1) is 23.6. The topological polar surface area (TPSA) is 124 Å². The highest BCUT2D eigenvalue weighted by Crippen LogP contribution is 2.33. The molecule has 2 amide bonds. The second-order valence-corrected chi connectivity index (χ2v) is 9.58. The number of imidazole rings is 1. The average Bonchev–Trinajstić information content (AvgIpc) is 3.54. The molecule has 1 N–H and O–H groups in total. The summed E-state index contributed by atoms with van der Waals surface area (Å²) in [7, 11) is 0. The summed E-state index contributed by atoms with van der Waals surface area (Å²) in [4.78, 5) is 34.6. The number of nitrogens with zero attached hydrogens (tertiary/aromatic N) is 5. The summed E-state index contributed by atoms with van der Waals surface area (Å²) in [5.74, 6) is 1.41. The van der Waals surface area contributed by atoms with Crippen molar-refractivity contribution < 1.29 is 23.5 Å². The van der Waals surface area contributed by atoms with Gasteiger partial charge in [-0.05, 0) is 52.3 Å². The molecule has 36 heavy (non-hydrogen) atoms. The molecular weight excluding hydrogens is 464 g/mol. The van der Waals surface area contributed by atoms with E-state index in [0.717, 1.165) is 6.42 Å². The van der Waals surface area contributed by atoms with Crippen LogP contribution in [-0.2, 0) is 9.53 Å².